The number of aryl methyl sites for hydroxylation is 2. The first-order valence-corrected chi connectivity index (χ1v) is 9.94. The van der Waals surface area contributed by atoms with Gasteiger partial charge in [-0.3, -0.25) is 9.69 Å². The van der Waals surface area contributed by atoms with Crippen LogP contribution in [-0.4, -0.2) is 50.8 Å². The van der Waals surface area contributed by atoms with Gasteiger partial charge < -0.3 is 14.8 Å². The predicted molar refractivity (Wildman–Crippen MR) is 111 cm³/mol. The van der Waals surface area contributed by atoms with Gasteiger partial charge in [-0.15, -0.1) is 0 Å². The second-order valence-electron chi connectivity index (χ2n) is 7.20. The number of nitrogens with one attached hydrogen (secondary N) is 1. The highest BCUT2D eigenvalue weighted by Crippen LogP contribution is 2.29. The maximum Gasteiger partial charge on any atom is 0.220 e. The van der Waals surface area contributed by atoms with Crippen LogP contribution in [0.1, 0.15) is 29.2 Å². The number of carbonyl (C=O) groups excluding carboxylic acids is 1. The largest absolute Gasteiger partial charge is 0.496 e. The molecular weight excluding hydrogens is 352 g/mol. The Morgan fingerprint density at radius 3 is 2.57 bits per heavy atom. The third kappa shape index (κ3) is 5.57. The molecule has 3 rings (SSSR count). The minimum atomic E-state index is 0.0726. The minimum Gasteiger partial charge on any atom is -0.496 e. The van der Waals surface area contributed by atoms with Gasteiger partial charge >= 0.3 is 0 Å². The van der Waals surface area contributed by atoms with Crippen LogP contribution >= 0.6 is 0 Å². The molecule has 0 bridgehead atoms. The monoisotopic (exact) mass is 382 g/mol. The summed E-state index contributed by atoms with van der Waals surface area (Å²) in [6, 6.07) is 16.5. The van der Waals surface area contributed by atoms with Crippen molar-refractivity contribution < 1.29 is 14.3 Å². The third-order valence-corrected chi connectivity index (χ3v) is 5.24. The Balaban J connectivity index is 1.62. The van der Waals surface area contributed by atoms with E-state index in [1.165, 1.54) is 11.1 Å². The summed E-state index contributed by atoms with van der Waals surface area (Å²) < 4.78 is 11.1. The highest BCUT2D eigenvalue weighted by molar-refractivity contribution is 5.76. The number of rotatable bonds is 8. The van der Waals surface area contributed by atoms with Crippen molar-refractivity contribution in [2.45, 2.75) is 25.8 Å². The highest BCUT2D eigenvalue weighted by atomic mass is 16.5. The number of hydrogen-bond donors (Lipinski definition) is 1. The van der Waals surface area contributed by atoms with Crippen LogP contribution in [0.2, 0.25) is 0 Å². The van der Waals surface area contributed by atoms with Crippen LogP contribution in [0.25, 0.3) is 0 Å². The second-order valence-corrected chi connectivity index (χ2v) is 7.20. The molecule has 1 heterocycles. The van der Waals surface area contributed by atoms with E-state index in [0.717, 1.165) is 30.8 Å². The number of morpholine rings is 1. The number of carbonyl (C=O) groups is 1. The first-order valence-electron chi connectivity index (χ1n) is 9.94. The minimum absolute atomic E-state index is 0.0726. The summed E-state index contributed by atoms with van der Waals surface area (Å²) >= 11 is 0. The molecule has 2 aromatic rings. The molecule has 150 valence electrons. The number of hydrogen-bond acceptors (Lipinski definition) is 4. The fraction of sp³-hybridized carbons (Fsp3) is 0.435. The molecule has 0 aromatic heterocycles. The van der Waals surface area contributed by atoms with Gasteiger partial charge in [-0.05, 0) is 25.0 Å². The van der Waals surface area contributed by atoms with E-state index < -0.39 is 0 Å². The Hall–Kier alpha value is -2.37. The number of benzene rings is 2. The molecule has 1 fully saturated rings. The van der Waals surface area contributed by atoms with E-state index in [9.17, 15) is 4.79 Å². The van der Waals surface area contributed by atoms with Crippen LogP contribution < -0.4 is 10.1 Å². The number of amides is 1. The number of ether oxygens (including phenoxy) is 2. The molecule has 0 radical (unpaired) electrons. The van der Waals surface area contributed by atoms with Crippen LogP contribution in [0.4, 0.5) is 0 Å². The van der Waals surface area contributed by atoms with Crippen LogP contribution in [0.5, 0.6) is 5.75 Å². The van der Waals surface area contributed by atoms with Crippen molar-refractivity contribution in [2.24, 2.45) is 0 Å². The Bertz CT molecular complexity index is 755. The van der Waals surface area contributed by atoms with Crippen molar-refractivity contribution in [3.8, 4) is 5.75 Å². The lowest BCUT2D eigenvalue weighted by Crippen LogP contribution is -2.44. The van der Waals surface area contributed by atoms with Gasteiger partial charge in [0.2, 0.25) is 5.91 Å². The molecule has 1 saturated heterocycles. The summed E-state index contributed by atoms with van der Waals surface area (Å²) in [5.41, 5.74) is 3.53. The first-order chi connectivity index (χ1) is 13.7. The molecule has 28 heavy (non-hydrogen) atoms. The summed E-state index contributed by atoms with van der Waals surface area (Å²) in [6.07, 6.45) is 1.24. The molecule has 1 N–H and O–H groups in total. The summed E-state index contributed by atoms with van der Waals surface area (Å²) in [7, 11) is 1.69. The molecule has 1 aliphatic rings. The molecule has 5 nitrogen and oxygen atoms in total. The topological polar surface area (TPSA) is 50.8 Å². The zero-order chi connectivity index (χ0) is 19.8. The highest BCUT2D eigenvalue weighted by Gasteiger charge is 2.25. The van der Waals surface area contributed by atoms with Crippen molar-refractivity contribution >= 4 is 5.91 Å². The van der Waals surface area contributed by atoms with E-state index >= 15 is 0 Å². The van der Waals surface area contributed by atoms with Crippen LogP contribution in [0, 0.1) is 6.92 Å². The molecule has 0 saturated carbocycles. The lowest BCUT2D eigenvalue weighted by atomic mass is 10.0. The molecule has 2 aromatic carbocycles. The maximum atomic E-state index is 12.5. The van der Waals surface area contributed by atoms with Gasteiger partial charge in [-0.25, -0.2) is 0 Å². The van der Waals surface area contributed by atoms with Gasteiger partial charge in [0.25, 0.3) is 0 Å². The molecule has 5 heteroatoms. The molecule has 1 aliphatic heterocycles. The maximum absolute atomic E-state index is 12.5. The van der Waals surface area contributed by atoms with Gasteiger partial charge in [0.05, 0.1) is 26.4 Å². The van der Waals surface area contributed by atoms with E-state index in [-0.39, 0.29) is 11.9 Å². The standard InChI is InChI=1S/C23H30N2O3/c1-18-7-9-19(10-8-18)11-12-23(26)24-17-21(25-13-15-28-16-14-25)20-5-3-4-6-22(20)27-2/h3-10,21H,11-17H2,1-2H3,(H,24,26). The quantitative estimate of drug-likeness (QED) is 0.762. The molecule has 1 atom stereocenters. The smallest absolute Gasteiger partial charge is 0.220 e. The zero-order valence-electron chi connectivity index (χ0n) is 16.8. The normalized spacial score (nSPS) is 15.8. The number of para-hydroxylation sites is 1. The van der Waals surface area contributed by atoms with E-state index in [0.29, 0.717) is 26.2 Å². The fourth-order valence-corrected chi connectivity index (χ4v) is 3.58. The van der Waals surface area contributed by atoms with Crippen LogP contribution in [0.15, 0.2) is 48.5 Å². The fourth-order valence-electron chi connectivity index (χ4n) is 3.58. The summed E-state index contributed by atoms with van der Waals surface area (Å²) in [5, 5.41) is 3.13. The summed E-state index contributed by atoms with van der Waals surface area (Å²) in [5.74, 6) is 0.932. The van der Waals surface area contributed by atoms with E-state index in [2.05, 4.69) is 47.5 Å². The van der Waals surface area contributed by atoms with E-state index in [4.69, 9.17) is 9.47 Å². The second kappa shape index (κ2) is 10.2. The molecule has 0 spiro atoms. The third-order valence-electron chi connectivity index (χ3n) is 5.24. The first kappa shape index (κ1) is 20.4. The van der Waals surface area contributed by atoms with Gasteiger partial charge in [0.15, 0.2) is 0 Å². The van der Waals surface area contributed by atoms with Crippen LogP contribution in [-0.2, 0) is 16.0 Å². The van der Waals surface area contributed by atoms with E-state index in [1.807, 2.05) is 18.2 Å². The molecule has 0 aliphatic carbocycles. The zero-order valence-corrected chi connectivity index (χ0v) is 16.8. The van der Waals surface area contributed by atoms with Crippen molar-refractivity contribution in [2.75, 3.05) is 40.0 Å². The van der Waals surface area contributed by atoms with Gasteiger partial charge in [-0.1, -0.05) is 48.0 Å². The Morgan fingerprint density at radius 1 is 1.14 bits per heavy atom. The predicted octanol–water partition coefficient (Wildman–Crippen LogP) is 3.13. The lowest BCUT2D eigenvalue weighted by molar-refractivity contribution is -0.121. The van der Waals surface area contributed by atoms with Crippen molar-refractivity contribution in [3.63, 3.8) is 0 Å². The average molecular weight is 383 g/mol. The lowest BCUT2D eigenvalue weighted by Gasteiger charge is -2.35. The molecule has 1 unspecified atom stereocenters. The van der Waals surface area contributed by atoms with Crippen molar-refractivity contribution in [1.82, 2.24) is 10.2 Å². The Morgan fingerprint density at radius 2 is 1.86 bits per heavy atom. The van der Waals surface area contributed by atoms with Gasteiger partial charge in [0, 0.05) is 31.6 Å². The molecule has 1 amide bonds. The van der Waals surface area contributed by atoms with Crippen LogP contribution in [0.3, 0.4) is 0 Å². The number of nitrogens with zero attached hydrogens (tertiary/aromatic N) is 1. The average Bonchev–Trinajstić information content (AvgIpc) is 2.74. The Labute approximate surface area is 167 Å². The summed E-state index contributed by atoms with van der Waals surface area (Å²) in [6.45, 7) is 5.76. The van der Waals surface area contributed by atoms with Gasteiger partial charge in [-0.2, -0.15) is 0 Å². The van der Waals surface area contributed by atoms with Gasteiger partial charge in [0.1, 0.15) is 5.75 Å². The number of methoxy groups -OCH3 is 1. The molecular formula is C23H30N2O3. The Kier molecular flexibility index (Phi) is 7.46. The summed E-state index contributed by atoms with van der Waals surface area (Å²) in [4.78, 5) is 14.8. The SMILES string of the molecule is COc1ccccc1C(CNC(=O)CCc1ccc(C)cc1)N1CCOCC1. The van der Waals surface area contributed by atoms with Crippen molar-refractivity contribution in [1.29, 1.82) is 0 Å². The van der Waals surface area contributed by atoms with Crippen molar-refractivity contribution in [3.05, 3.63) is 65.2 Å². The van der Waals surface area contributed by atoms with E-state index in [1.54, 1.807) is 7.11 Å².